The Kier molecular flexibility index (Phi) is 5.98. The molecule has 0 saturated carbocycles. The summed E-state index contributed by atoms with van der Waals surface area (Å²) >= 11 is 3.46. The van der Waals surface area contributed by atoms with E-state index >= 15 is 0 Å². The molecule has 2 aromatic rings. The van der Waals surface area contributed by atoms with Crippen LogP contribution in [0.2, 0.25) is 0 Å². The first-order chi connectivity index (χ1) is 11.0. The van der Waals surface area contributed by atoms with Crippen molar-refractivity contribution >= 4 is 33.4 Å². The van der Waals surface area contributed by atoms with Gasteiger partial charge in [-0.15, -0.1) is 0 Å². The molecule has 0 saturated heterocycles. The zero-order chi connectivity index (χ0) is 16.8. The van der Waals surface area contributed by atoms with Gasteiger partial charge < -0.3 is 14.6 Å². The van der Waals surface area contributed by atoms with Gasteiger partial charge in [0.1, 0.15) is 5.76 Å². The predicted molar refractivity (Wildman–Crippen MR) is 92.1 cm³/mol. The number of hydrogen-bond acceptors (Lipinski definition) is 3. The maximum absolute atomic E-state index is 11.9. The molecule has 0 aliphatic heterocycles. The second-order valence-corrected chi connectivity index (χ2v) is 6.06. The molecule has 1 aromatic carbocycles. The lowest BCUT2D eigenvalue weighted by molar-refractivity contribution is -0.121. The fraction of sp³-hybridized carbons (Fsp3) is 0.294. The van der Waals surface area contributed by atoms with Crippen molar-refractivity contribution in [1.82, 2.24) is 5.32 Å². The fourth-order valence-corrected chi connectivity index (χ4v) is 2.49. The summed E-state index contributed by atoms with van der Waals surface area (Å²) in [7, 11) is 0. The average molecular weight is 379 g/mol. The number of amides is 2. The number of carbonyl (C=O) groups is 2. The van der Waals surface area contributed by atoms with Gasteiger partial charge in [0.05, 0.1) is 12.8 Å². The SMILES string of the molecule is CC(=O)N(CCC(=O)NCc1ccco1)c1ccc(C)c(Br)c1. The van der Waals surface area contributed by atoms with E-state index in [4.69, 9.17) is 4.42 Å². The van der Waals surface area contributed by atoms with Crippen LogP contribution in [0.25, 0.3) is 0 Å². The number of benzene rings is 1. The number of carbonyl (C=O) groups excluding carboxylic acids is 2. The first kappa shape index (κ1) is 17.3. The molecule has 122 valence electrons. The van der Waals surface area contributed by atoms with Crippen LogP contribution in [0, 0.1) is 6.92 Å². The van der Waals surface area contributed by atoms with Crippen LogP contribution in [-0.2, 0) is 16.1 Å². The lowest BCUT2D eigenvalue weighted by Gasteiger charge is -2.21. The van der Waals surface area contributed by atoms with Crippen molar-refractivity contribution in [1.29, 1.82) is 0 Å². The molecule has 5 nitrogen and oxygen atoms in total. The molecule has 0 spiro atoms. The lowest BCUT2D eigenvalue weighted by atomic mass is 10.2. The molecule has 0 bridgehead atoms. The zero-order valence-electron chi connectivity index (χ0n) is 13.1. The largest absolute Gasteiger partial charge is 0.467 e. The van der Waals surface area contributed by atoms with Crippen LogP contribution >= 0.6 is 15.9 Å². The molecule has 0 atom stereocenters. The number of aryl methyl sites for hydroxylation is 1. The highest BCUT2D eigenvalue weighted by atomic mass is 79.9. The first-order valence-electron chi connectivity index (χ1n) is 7.30. The Morgan fingerprint density at radius 1 is 1.30 bits per heavy atom. The van der Waals surface area contributed by atoms with Gasteiger partial charge in [-0.25, -0.2) is 0 Å². The Hall–Kier alpha value is -2.08. The molecule has 0 unspecified atom stereocenters. The smallest absolute Gasteiger partial charge is 0.223 e. The minimum absolute atomic E-state index is 0.0976. The van der Waals surface area contributed by atoms with Crippen LogP contribution in [0.3, 0.4) is 0 Å². The molecular formula is C17H19BrN2O3. The van der Waals surface area contributed by atoms with E-state index in [2.05, 4.69) is 21.2 Å². The predicted octanol–water partition coefficient (Wildman–Crippen LogP) is 3.41. The fourth-order valence-electron chi connectivity index (χ4n) is 2.12. The Morgan fingerprint density at radius 2 is 2.09 bits per heavy atom. The summed E-state index contributed by atoms with van der Waals surface area (Å²) in [6.45, 7) is 4.15. The van der Waals surface area contributed by atoms with Crippen LogP contribution in [0.15, 0.2) is 45.5 Å². The number of nitrogens with zero attached hydrogens (tertiary/aromatic N) is 1. The highest BCUT2D eigenvalue weighted by Crippen LogP contribution is 2.24. The van der Waals surface area contributed by atoms with E-state index in [1.165, 1.54) is 6.92 Å². The summed E-state index contributed by atoms with van der Waals surface area (Å²) in [5.41, 5.74) is 1.86. The van der Waals surface area contributed by atoms with Gasteiger partial charge in [-0.3, -0.25) is 9.59 Å². The van der Waals surface area contributed by atoms with Gasteiger partial charge in [0.15, 0.2) is 0 Å². The monoisotopic (exact) mass is 378 g/mol. The van der Waals surface area contributed by atoms with E-state index < -0.39 is 0 Å². The number of hydrogen-bond donors (Lipinski definition) is 1. The topological polar surface area (TPSA) is 62.6 Å². The molecule has 2 amide bonds. The molecular weight excluding hydrogens is 360 g/mol. The molecule has 1 heterocycles. The molecule has 0 radical (unpaired) electrons. The van der Waals surface area contributed by atoms with Crippen LogP contribution in [-0.4, -0.2) is 18.4 Å². The molecule has 0 aliphatic rings. The summed E-state index contributed by atoms with van der Waals surface area (Å²) in [5, 5.41) is 2.77. The highest BCUT2D eigenvalue weighted by molar-refractivity contribution is 9.10. The van der Waals surface area contributed by atoms with Crippen LogP contribution in [0.1, 0.15) is 24.7 Å². The summed E-state index contributed by atoms with van der Waals surface area (Å²) < 4.78 is 6.09. The number of furan rings is 1. The van der Waals surface area contributed by atoms with Crippen molar-refractivity contribution in [2.24, 2.45) is 0 Å². The zero-order valence-corrected chi connectivity index (χ0v) is 14.7. The van der Waals surface area contributed by atoms with Gasteiger partial charge in [-0.05, 0) is 36.8 Å². The third kappa shape index (κ3) is 4.96. The Bertz CT molecular complexity index is 683. The van der Waals surface area contributed by atoms with Gasteiger partial charge in [0.25, 0.3) is 0 Å². The number of anilines is 1. The normalized spacial score (nSPS) is 10.4. The number of nitrogens with one attached hydrogen (secondary N) is 1. The summed E-state index contributed by atoms with van der Waals surface area (Å²) in [6, 6.07) is 9.27. The minimum atomic E-state index is -0.126. The quantitative estimate of drug-likeness (QED) is 0.837. The third-order valence-corrected chi connectivity index (χ3v) is 4.30. The Morgan fingerprint density at radius 3 is 2.70 bits per heavy atom. The Balaban J connectivity index is 1.92. The van der Waals surface area contributed by atoms with Gasteiger partial charge in [-0.1, -0.05) is 22.0 Å². The van der Waals surface area contributed by atoms with Crippen LogP contribution in [0.4, 0.5) is 5.69 Å². The van der Waals surface area contributed by atoms with Gasteiger partial charge in [0, 0.05) is 30.0 Å². The Labute approximate surface area is 143 Å². The van der Waals surface area contributed by atoms with Crippen molar-refractivity contribution in [2.75, 3.05) is 11.4 Å². The number of halogens is 1. The van der Waals surface area contributed by atoms with Gasteiger partial charge in [-0.2, -0.15) is 0 Å². The molecule has 1 N–H and O–H groups in total. The second-order valence-electron chi connectivity index (χ2n) is 5.21. The van der Waals surface area contributed by atoms with Crippen molar-refractivity contribution < 1.29 is 14.0 Å². The lowest BCUT2D eigenvalue weighted by Crippen LogP contribution is -2.33. The van der Waals surface area contributed by atoms with Crippen molar-refractivity contribution in [2.45, 2.75) is 26.8 Å². The van der Waals surface area contributed by atoms with Crippen molar-refractivity contribution in [3.8, 4) is 0 Å². The van der Waals surface area contributed by atoms with Crippen LogP contribution < -0.4 is 10.2 Å². The molecule has 0 fully saturated rings. The van der Waals surface area contributed by atoms with Gasteiger partial charge in [0.2, 0.25) is 11.8 Å². The first-order valence-corrected chi connectivity index (χ1v) is 8.10. The summed E-state index contributed by atoms with van der Waals surface area (Å²) in [6.07, 6.45) is 1.79. The number of rotatable bonds is 6. The molecule has 6 heteroatoms. The average Bonchev–Trinajstić information content (AvgIpc) is 3.02. The summed E-state index contributed by atoms with van der Waals surface area (Å²) in [4.78, 5) is 25.4. The molecule has 23 heavy (non-hydrogen) atoms. The van der Waals surface area contributed by atoms with E-state index in [-0.39, 0.29) is 18.2 Å². The van der Waals surface area contributed by atoms with E-state index in [0.29, 0.717) is 18.8 Å². The standard InChI is InChI=1S/C17H19BrN2O3/c1-12-5-6-14(10-16(12)18)20(13(2)21)8-7-17(22)19-11-15-4-3-9-23-15/h3-6,9-10H,7-8,11H2,1-2H3,(H,19,22). The van der Waals surface area contributed by atoms with Crippen molar-refractivity contribution in [3.63, 3.8) is 0 Å². The van der Waals surface area contributed by atoms with E-state index in [1.54, 1.807) is 23.3 Å². The molecule has 2 rings (SSSR count). The van der Waals surface area contributed by atoms with Crippen LogP contribution in [0.5, 0.6) is 0 Å². The highest BCUT2D eigenvalue weighted by Gasteiger charge is 2.14. The molecule has 1 aromatic heterocycles. The van der Waals surface area contributed by atoms with Crippen molar-refractivity contribution in [3.05, 3.63) is 52.4 Å². The van der Waals surface area contributed by atoms with Gasteiger partial charge >= 0.3 is 0 Å². The minimum Gasteiger partial charge on any atom is -0.467 e. The van der Waals surface area contributed by atoms with E-state index in [9.17, 15) is 9.59 Å². The van der Waals surface area contributed by atoms with E-state index in [1.807, 2.05) is 25.1 Å². The third-order valence-electron chi connectivity index (χ3n) is 3.45. The maximum atomic E-state index is 11.9. The summed E-state index contributed by atoms with van der Waals surface area (Å²) in [5.74, 6) is 0.475. The molecule has 0 aliphatic carbocycles. The van der Waals surface area contributed by atoms with E-state index in [0.717, 1.165) is 15.7 Å². The second kappa shape index (κ2) is 7.97. The maximum Gasteiger partial charge on any atom is 0.223 e.